The summed E-state index contributed by atoms with van der Waals surface area (Å²) in [5.74, 6) is 0. The molecule has 2 nitrogen and oxygen atoms in total. The highest BCUT2D eigenvalue weighted by Crippen LogP contribution is 2.58. The van der Waals surface area contributed by atoms with Gasteiger partial charge >= 0.3 is 0 Å². The minimum Gasteiger partial charge on any atom is -0.192 e. The van der Waals surface area contributed by atoms with E-state index < -0.39 is 0 Å². The number of nitriles is 2. The van der Waals surface area contributed by atoms with Crippen LogP contribution in [0.5, 0.6) is 0 Å². The number of benzene rings is 7. The summed E-state index contributed by atoms with van der Waals surface area (Å²) in [7, 11) is 0. The van der Waals surface area contributed by atoms with Gasteiger partial charge in [0.2, 0.25) is 0 Å². The van der Waals surface area contributed by atoms with Crippen LogP contribution in [0.15, 0.2) is 133 Å². The van der Waals surface area contributed by atoms with Crippen LogP contribution in [0.3, 0.4) is 0 Å². The molecule has 0 unspecified atom stereocenters. The van der Waals surface area contributed by atoms with Crippen LogP contribution in [-0.2, 0) is 0 Å². The zero-order chi connectivity index (χ0) is 28.2. The predicted molar refractivity (Wildman–Crippen MR) is 172 cm³/mol. The quantitative estimate of drug-likeness (QED) is 0.228. The smallest absolute Gasteiger partial charge is 0.0998 e. The van der Waals surface area contributed by atoms with Crippen LogP contribution in [-0.4, -0.2) is 0 Å². The van der Waals surface area contributed by atoms with Gasteiger partial charge in [-0.15, -0.1) is 0 Å². The second-order valence-corrected chi connectivity index (χ2v) is 10.7. The maximum Gasteiger partial charge on any atom is 0.0998 e. The second-order valence-electron chi connectivity index (χ2n) is 10.7. The van der Waals surface area contributed by atoms with E-state index in [0.29, 0.717) is 11.1 Å². The Morgan fingerprint density at radius 2 is 1.00 bits per heavy atom. The van der Waals surface area contributed by atoms with E-state index in [1.807, 2.05) is 24.3 Å². The van der Waals surface area contributed by atoms with Crippen LogP contribution in [0.4, 0.5) is 0 Å². The molecule has 0 saturated heterocycles. The van der Waals surface area contributed by atoms with Gasteiger partial charge in [-0.25, -0.2) is 0 Å². The number of rotatable bonds is 3. The van der Waals surface area contributed by atoms with E-state index in [1.165, 1.54) is 33.2 Å². The highest BCUT2D eigenvalue weighted by molar-refractivity contribution is 6.28. The third-order valence-electron chi connectivity index (χ3n) is 8.46. The Morgan fingerprint density at radius 1 is 0.381 bits per heavy atom. The molecule has 0 aliphatic heterocycles. The normalized spacial score (nSPS) is 11.3. The van der Waals surface area contributed by atoms with Crippen LogP contribution in [0, 0.1) is 22.7 Å². The van der Waals surface area contributed by atoms with E-state index in [1.54, 1.807) is 0 Å². The molecule has 42 heavy (non-hydrogen) atoms. The monoisotopic (exact) mass is 530 g/mol. The third kappa shape index (κ3) is 3.43. The highest BCUT2D eigenvalue weighted by Gasteiger charge is 2.31. The first-order valence-electron chi connectivity index (χ1n) is 14.0. The molecule has 8 rings (SSSR count). The Morgan fingerprint density at radius 3 is 1.69 bits per heavy atom. The van der Waals surface area contributed by atoms with Gasteiger partial charge in [-0.1, -0.05) is 109 Å². The molecule has 0 saturated carbocycles. The highest BCUT2D eigenvalue weighted by atomic mass is 14.3. The van der Waals surface area contributed by atoms with Gasteiger partial charge in [0, 0.05) is 5.39 Å². The van der Waals surface area contributed by atoms with Crippen molar-refractivity contribution in [3.05, 3.63) is 145 Å². The van der Waals surface area contributed by atoms with Crippen molar-refractivity contribution < 1.29 is 0 Å². The van der Waals surface area contributed by atoms with Gasteiger partial charge in [-0.2, -0.15) is 10.5 Å². The van der Waals surface area contributed by atoms with Gasteiger partial charge in [-0.3, -0.25) is 0 Å². The second kappa shape index (κ2) is 9.31. The summed E-state index contributed by atoms with van der Waals surface area (Å²) < 4.78 is 0. The lowest BCUT2D eigenvalue weighted by Crippen LogP contribution is -1.94. The summed E-state index contributed by atoms with van der Waals surface area (Å²) in [4.78, 5) is 0. The Hall–Kier alpha value is -5.96. The van der Waals surface area contributed by atoms with Gasteiger partial charge in [0.05, 0.1) is 23.3 Å². The Balaban J connectivity index is 1.59. The molecular formula is C40H22N2. The van der Waals surface area contributed by atoms with Crippen LogP contribution in [0.25, 0.3) is 77.2 Å². The lowest BCUT2D eigenvalue weighted by atomic mass is 9.82. The van der Waals surface area contributed by atoms with E-state index in [0.717, 1.165) is 44.0 Å². The molecule has 7 aromatic carbocycles. The molecule has 0 radical (unpaired) electrons. The van der Waals surface area contributed by atoms with Crippen molar-refractivity contribution in [3.8, 4) is 67.8 Å². The van der Waals surface area contributed by atoms with E-state index >= 15 is 0 Å². The first kappa shape index (κ1) is 23.9. The topological polar surface area (TPSA) is 47.6 Å². The number of hydrogen-bond donors (Lipinski definition) is 0. The molecule has 0 bridgehead atoms. The Labute approximate surface area is 244 Å². The van der Waals surface area contributed by atoms with Crippen molar-refractivity contribution in [2.45, 2.75) is 0 Å². The molecule has 0 atom stereocenters. The van der Waals surface area contributed by atoms with Gasteiger partial charge in [-0.05, 0) is 96.1 Å². The van der Waals surface area contributed by atoms with Crippen molar-refractivity contribution in [1.29, 1.82) is 10.5 Å². The standard InChI is InChI=1S/C40H22N2/c41-23-25-9-7-14-28(21-25)29-17-19-32-35(22-29)37(27-12-5-2-6-13-27)40-34-20-18-30(24-42)31-15-8-16-33(38(31)34)39(40)36(32)26-10-3-1-4-11-26/h1-22H. The van der Waals surface area contributed by atoms with Crippen LogP contribution in [0.1, 0.15) is 11.1 Å². The van der Waals surface area contributed by atoms with Crippen LogP contribution in [0.2, 0.25) is 0 Å². The van der Waals surface area contributed by atoms with Crippen molar-refractivity contribution in [1.82, 2.24) is 0 Å². The largest absolute Gasteiger partial charge is 0.192 e. The minimum atomic E-state index is 0.644. The molecule has 7 aromatic rings. The molecule has 2 heteroatoms. The first-order chi connectivity index (χ1) is 20.8. The average molecular weight is 531 g/mol. The molecule has 192 valence electrons. The molecule has 1 aliphatic carbocycles. The van der Waals surface area contributed by atoms with Crippen molar-refractivity contribution in [2.75, 3.05) is 0 Å². The summed E-state index contributed by atoms with van der Waals surface area (Å²) in [6.45, 7) is 0. The van der Waals surface area contributed by atoms with Crippen molar-refractivity contribution >= 4 is 21.5 Å². The van der Waals surface area contributed by atoms with Crippen molar-refractivity contribution in [3.63, 3.8) is 0 Å². The van der Waals surface area contributed by atoms with Gasteiger partial charge in [0.1, 0.15) is 0 Å². The summed E-state index contributed by atoms with van der Waals surface area (Å²) in [6.07, 6.45) is 0. The summed E-state index contributed by atoms with van der Waals surface area (Å²) in [6, 6.07) is 50.8. The lowest BCUT2D eigenvalue weighted by Gasteiger charge is -2.21. The molecule has 0 aromatic heterocycles. The van der Waals surface area contributed by atoms with Crippen molar-refractivity contribution in [2.24, 2.45) is 0 Å². The minimum absolute atomic E-state index is 0.644. The van der Waals surface area contributed by atoms with Gasteiger partial charge in [0.15, 0.2) is 0 Å². The molecule has 1 aliphatic rings. The zero-order valence-electron chi connectivity index (χ0n) is 22.6. The fraction of sp³-hybridized carbons (Fsp3) is 0. The maximum atomic E-state index is 9.98. The van der Waals surface area contributed by atoms with Crippen LogP contribution >= 0.6 is 0 Å². The van der Waals surface area contributed by atoms with Crippen LogP contribution < -0.4 is 0 Å². The van der Waals surface area contributed by atoms with E-state index in [-0.39, 0.29) is 0 Å². The fourth-order valence-corrected chi connectivity index (χ4v) is 6.71. The zero-order valence-corrected chi connectivity index (χ0v) is 22.6. The first-order valence-corrected chi connectivity index (χ1v) is 14.0. The molecule has 0 N–H and O–H groups in total. The van der Waals surface area contributed by atoms with Gasteiger partial charge in [0.25, 0.3) is 0 Å². The molecular weight excluding hydrogens is 508 g/mol. The van der Waals surface area contributed by atoms with E-state index in [2.05, 4.69) is 121 Å². The number of hydrogen-bond acceptors (Lipinski definition) is 2. The Kier molecular flexibility index (Phi) is 5.29. The molecule has 0 amide bonds. The van der Waals surface area contributed by atoms with E-state index in [4.69, 9.17) is 0 Å². The third-order valence-corrected chi connectivity index (χ3v) is 8.46. The average Bonchev–Trinajstić information content (AvgIpc) is 3.39. The number of fused-ring (bicyclic) bond motifs is 4. The Bertz CT molecular complexity index is 2300. The maximum absolute atomic E-state index is 9.98. The summed E-state index contributed by atoms with van der Waals surface area (Å²) in [5, 5.41) is 24.0. The predicted octanol–water partition coefficient (Wildman–Crippen LogP) is 10.4. The van der Waals surface area contributed by atoms with E-state index in [9.17, 15) is 10.5 Å². The molecule has 0 spiro atoms. The SMILES string of the molecule is N#Cc1cccc(-c2ccc3c(-c4ccccc4)c4c(c(-c5ccccc5)c3c2)-c2ccc(C#N)c3cccc-4c23)c1. The molecule has 0 heterocycles. The summed E-state index contributed by atoms with van der Waals surface area (Å²) in [5.41, 5.74) is 12.8. The lowest BCUT2D eigenvalue weighted by molar-refractivity contribution is 1.48. The fourth-order valence-electron chi connectivity index (χ4n) is 6.71. The molecule has 0 fully saturated rings. The summed E-state index contributed by atoms with van der Waals surface area (Å²) >= 11 is 0. The number of nitrogens with zero attached hydrogens (tertiary/aromatic N) is 2. The van der Waals surface area contributed by atoms with Gasteiger partial charge < -0.3 is 0 Å².